The van der Waals surface area contributed by atoms with Crippen molar-refractivity contribution in [2.45, 2.75) is 41.3 Å². The highest BCUT2D eigenvalue weighted by Gasteiger charge is 2.36. The van der Waals surface area contributed by atoms with Crippen LogP contribution in [0, 0.1) is 0 Å². The van der Waals surface area contributed by atoms with E-state index in [1.54, 1.807) is 11.0 Å². The molecule has 2 aliphatic rings. The summed E-state index contributed by atoms with van der Waals surface area (Å²) in [5.41, 5.74) is 0. The zero-order valence-corrected chi connectivity index (χ0v) is 19.5. The fourth-order valence-electron chi connectivity index (χ4n) is 3.52. The number of sulfone groups is 1. The average molecular weight is 478 g/mol. The second-order valence-corrected chi connectivity index (χ2v) is 13.0. The fourth-order valence-corrected chi connectivity index (χ4v) is 6.82. The number of amides is 1. The van der Waals surface area contributed by atoms with Gasteiger partial charge in [0.05, 0.1) is 28.4 Å². The molecule has 2 saturated heterocycles. The standard InChI is InChI=1S/C18H27N3O6S3/c1-20(2)30(25,26)16-5-6-17(19-10-16)28-12-18(22)21(11-15-4-3-8-27-15)14-7-9-29(23,24)13-14/h5-6,10,14-15H,3-4,7-9,11-13H2,1-2H3/t14-,15+/m0/s1. The van der Waals surface area contributed by atoms with Gasteiger partial charge in [0.25, 0.3) is 0 Å². The second kappa shape index (κ2) is 9.51. The van der Waals surface area contributed by atoms with Crippen molar-refractivity contribution < 1.29 is 26.4 Å². The van der Waals surface area contributed by atoms with E-state index < -0.39 is 19.9 Å². The Morgan fingerprint density at radius 2 is 2.07 bits per heavy atom. The van der Waals surface area contributed by atoms with Crippen LogP contribution in [0.2, 0.25) is 0 Å². The van der Waals surface area contributed by atoms with Crippen LogP contribution in [0.25, 0.3) is 0 Å². The predicted molar refractivity (Wildman–Crippen MR) is 114 cm³/mol. The number of nitrogens with zero attached hydrogens (tertiary/aromatic N) is 3. The van der Waals surface area contributed by atoms with Gasteiger partial charge < -0.3 is 9.64 Å². The molecule has 2 fully saturated rings. The van der Waals surface area contributed by atoms with Crippen LogP contribution in [0.15, 0.2) is 28.3 Å². The maximum absolute atomic E-state index is 12.9. The van der Waals surface area contributed by atoms with Gasteiger partial charge in [0.15, 0.2) is 9.84 Å². The molecule has 3 heterocycles. The molecule has 2 aliphatic heterocycles. The van der Waals surface area contributed by atoms with Gasteiger partial charge in [-0.3, -0.25) is 4.79 Å². The number of hydrogen-bond donors (Lipinski definition) is 0. The number of aromatic nitrogens is 1. The maximum Gasteiger partial charge on any atom is 0.244 e. The lowest BCUT2D eigenvalue weighted by Crippen LogP contribution is -2.46. The highest BCUT2D eigenvalue weighted by molar-refractivity contribution is 7.99. The van der Waals surface area contributed by atoms with E-state index in [-0.39, 0.29) is 40.2 Å². The molecule has 9 nitrogen and oxygen atoms in total. The number of rotatable bonds is 8. The molecular weight excluding hydrogens is 450 g/mol. The van der Waals surface area contributed by atoms with Crippen molar-refractivity contribution in [2.75, 3.05) is 44.5 Å². The van der Waals surface area contributed by atoms with E-state index in [4.69, 9.17) is 4.74 Å². The Morgan fingerprint density at radius 1 is 1.30 bits per heavy atom. The van der Waals surface area contributed by atoms with Gasteiger partial charge in [-0.2, -0.15) is 0 Å². The summed E-state index contributed by atoms with van der Waals surface area (Å²) in [5.74, 6) is 0.0229. The van der Waals surface area contributed by atoms with Gasteiger partial charge in [0.1, 0.15) is 4.90 Å². The maximum atomic E-state index is 12.9. The fraction of sp³-hybridized carbons (Fsp3) is 0.667. The molecule has 1 aromatic heterocycles. The molecule has 2 atom stereocenters. The van der Waals surface area contributed by atoms with E-state index >= 15 is 0 Å². The van der Waals surface area contributed by atoms with Crippen molar-refractivity contribution >= 4 is 37.5 Å². The molecule has 30 heavy (non-hydrogen) atoms. The van der Waals surface area contributed by atoms with Gasteiger partial charge in [-0.25, -0.2) is 26.1 Å². The van der Waals surface area contributed by atoms with E-state index in [9.17, 15) is 21.6 Å². The largest absolute Gasteiger partial charge is 0.376 e. The number of pyridine rings is 1. The first-order chi connectivity index (χ1) is 14.1. The Balaban J connectivity index is 1.65. The summed E-state index contributed by atoms with van der Waals surface area (Å²) in [6, 6.07) is 2.70. The Bertz CT molecular complexity index is 957. The van der Waals surface area contributed by atoms with E-state index in [0.717, 1.165) is 17.1 Å². The number of ether oxygens (including phenoxy) is 1. The van der Waals surface area contributed by atoms with Crippen molar-refractivity contribution in [1.29, 1.82) is 0 Å². The molecule has 0 unspecified atom stereocenters. The zero-order valence-electron chi connectivity index (χ0n) is 17.1. The lowest BCUT2D eigenvalue weighted by molar-refractivity contribution is -0.131. The van der Waals surface area contributed by atoms with Crippen LogP contribution in [-0.2, 0) is 29.4 Å². The van der Waals surface area contributed by atoms with Crippen molar-refractivity contribution in [2.24, 2.45) is 0 Å². The van der Waals surface area contributed by atoms with Gasteiger partial charge in [-0.15, -0.1) is 0 Å². The van der Waals surface area contributed by atoms with Crippen molar-refractivity contribution in [3.8, 4) is 0 Å². The summed E-state index contributed by atoms with van der Waals surface area (Å²) in [5, 5.41) is 0.525. The minimum absolute atomic E-state index is 0.00846. The third-order valence-corrected chi connectivity index (χ3v) is 9.70. The molecule has 0 spiro atoms. The van der Waals surface area contributed by atoms with Crippen LogP contribution in [0.4, 0.5) is 0 Å². The van der Waals surface area contributed by atoms with Crippen LogP contribution in [0.1, 0.15) is 19.3 Å². The summed E-state index contributed by atoms with van der Waals surface area (Å²) in [6.45, 7) is 1.06. The molecule has 0 aliphatic carbocycles. The average Bonchev–Trinajstić information content (AvgIpc) is 3.33. The van der Waals surface area contributed by atoms with Crippen LogP contribution in [-0.4, -0.2) is 93.6 Å². The number of carbonyl (C=O) groups excluding carboxylic acids is 1. The quantitative estimate of drug-likeness (QED) is 0.501. The van der Waals surface area contributed by atoms with Crippen LogP contribution in [0.3, 0.4) is 0 Å². The van der Waals surface area contributed by atoms with Crippen LogP contribution in [0.5, 0.6) is 0 Å². The molecule has 0 saturated carbocycles. The first-order valence-corrected chi connectivity index (χ1v) is 14.0. The molecule has 12 heteroatoms. The Kier molecular flexibility index (Phi) is 7.44. The molecule has 1 amide bonds. The van der Waals surface area contributed by atoms with Gasteiger partial charge in [0.2, 0.25) is 15.9 Å². The lowest BCUT2D eigenvalue weighted by Gasteiger charge is -2.30. The van der Waals surface area contributed by atoms with E-state index in [1.807, 2.05) is 0 Å². The zero-order chi connectivity index (χ0) is 21.9. The molecule has 168 valence electrons. The molecule has 0 N–H and O–H groups in total. The number of thioether (sulfide) groups is 1. The summed E-state index contributed by atoms with van der Waals surface area (Å²) in [6.07, 6.45) is 3.46. The highest BCUT2D eigenvalue weighted by Crippen LogP contribution is 2.24. The molecule has 3 rings (SSSR count). The van der Waals surface area contributed by atoms with E-state index in [2.05, 4.69) is 4.98 Å². The summed E-state index contributed by atoms with van der Waals surface area (Å²) < 4.78 is 54.8. The Labute approximate surface area is 182 Å². The van der Waals surface area contributed by atoms with E-state index in [0.29, 0.717) is 24.6 Å². The molecular formula is C18H27N3O6S3. The summed E-state index contributed by atoms with van der Waals surface area (Å²) >= 11 is 1.20. The van der Waals surface area contributed by atoms with Gasteiger partial charge in [-0.1, -0.05) is 11.8 Å². The van der Waals surface area contributed by atoms with Gasteiger partial charge in [-0.05, 0) is 31.4 Å². The monoisotopic (exact) mass is 477 g/mol. The third-order valence-electron chi connectivity index (χ3n) is 5.23. The highest BCUT2D eigenvalue weighted by atomic mass is 32.2. The van der Waals surface area contributed by atoms with Gasteiger partial charge >= 0.3 is 0 Å². The smallest absolute Gasteiger partial charge is 0.244 e. The van der Waals surface area contributed by atoms with Crippen molar-refractivity contribution in [3.63, 3.8) is 0 Å². The Hall–Kier alpha value is -1.21. The molecule has 0 radical (unpaired) electrons. The third kappa shape index (κ3) is 5.72. The van der Waals surface area contributed by atoms with Gasteiger partial charge in [0, 0.05) is 39.5 Å². The first-order valence-electron chi connectivity index (χ1n) is 9.71. The number of carbonyl (C=O) groups is 1. The predicted octanol–water partition coefficient (Wildman–Crippen LogP) is 0.619. The number of hydrogen-bond acceptors (Lipinski definition) is 8. The van der Waals surface area contributed by atoms with Crippen LogP contribution < -0.4 is 0 Å². The lowest BCUT2D eigenvalue weighted by atomic mass is 10.1. The van der Waals surface area contributed by atoms with Crippen molar-refractivity contribution in [3.05, 3.63) is 18.3 Å². The Morgan fingerprint density at radius 3 is 2.60 bits per heavy atom. The van der Waals surface area contributed by atoms with Crippen molar-refractivity contribution in [1.82, 2.24) is 14.2 Å². The second-order valence-electron chi connectivity index (χ2n) is 7.65. The summed E-state index contributed by atoms with van der Waals surface area (Å²) in [4.78, 5) is 18.8. The van der Waals surface area contributed by atoms with Crippen LogP contribution >= 0.6 is 11.8 Å². The first kappa shape index (κ1) is 23.5. The number of sulfonamides is 1. The topological polar surface area (TPSA) is 114 Å². The normalized spacial score (nSPS) is 23.7. The van der Waals surface area contributed by atoms with E-state index in [1.165, 1.54) is 38.1 Å². The minimum Gasteiger partial charge on any atom is -0.376 e. The molecule has 0 aromatic carbocycles. The summed E-state index contributed by atoms with van der Waals surface area (Å²) in [7, 11) is -3.78. The molecule has 1 aromatic rings. The molecule has 0 bridgehead atoms. The minimum atomic E-state index is -3.56. The SMILES string of the molecule is CN(C)S(=O)(=O)c1ccc(SCC(=O)N(C[C@H]2CCCO2)[C@H]2CCS(=O)(=O)C2)nc1.